The second-order valence-corrected chi connectivity index (χ2v) is 8.08. The number of nitrogens with zero attached hydrogens (tertiary/aromatic N) is 1. The summed E-state index contributed by atoms with van der Waals surface area (Å²) in [5.74, 6) is -0.0524. The zero-order valence-electron chi connectivity index (χ0n) is 15.5. The average Bonchev–Trinajstić information content (AvgIpc) is 3.03. The fourth-order valence-corrected chi connectivity index (χ4v) is 3.81. The number of benzene rings is 2. The molecule has 0 saturated carbocycles. The lowest BCUT2D eigenvalue weighted by Gasteiger charge is -2.08. The number of aryl methyl sites for hydroxylation is 2. The Balaban J connectivity index is 1.70. The number of carbonyl (C=O) groups is 1. The first-order chi connectivity index (χ1) is 13.3. The minimum absolute atomic E-state index is 0.0391. The van der Waals surface area contributed by atoms with Gasteiger partial charge in [0, 0.05) is 18.5 Å². The molecule has 0 fully saturated rings. The van der Waals surface area contributed by atoms with E-state index in [1.165, 1.54) is 12.1 Å². The monoisotopic (exact) mass is 400 g/mol. The topological polar surface area (TPSA) is 110 Å². The van der Waals surface area contributed by atoms with Gasteiger partial charge in [-0.15, -0.1) is 0 Å². The SMILES string of the molecule is Cc1ccc(S(=O)(=O)NCCc2nc(-c3ccccc3)oc2C)cc1C(=O)O. The Morgan fingerprint density at radius 3 is 2.54 bits per heavy atom. The maximum absolute atomic E-state index is 12.5. The lowest BCUT2D eigenvalue weighted by atomic mass is 10.1. The molecule has 0 amide bonds. The van der Waals surface area contributed by atoms with E-state index in [-0.39, 0.29) is 17.0 Å². The molecule has 3 aromatic rings. The molecule has 0 saturated heterocycles. The Morgan fingerprint density at radius 2 is 1.86 bits per heavy atom. The summed E-state index contributed by atoms with van der Waals surface area (Å²) in [6.07, 6.45) is 0.346. The van der Waals surface area contributed by atoms with Crippen molar-refractivity contribution in [3.63, 3.8) is 0 Å². The summed E-state index contributed by atoms with van der Waals surface area (Å²) < 4.78 is 33.1. The molecule has 0 radical (unpaired) electrons. The van der Waals surface area contributed by atoms with Crippen LogP contribution in [0.2, 0.25) is 0 Å². The molecule has 7 nitrogen and oxygen atoms in total. The first-order valence-corrected chi connectivity index (χ1v) is 10.1. The van der Waals surface area contributed by atoms with Crippen LogP contribution in [-0.2, 0) is 16.4 Å². The van der Waals surface area contributed by atoms with Gasteiger partial charge in [-0.3, -0.25) is 0 Å². The third-order valence-corrected chi connectivity index (χ3v) is 5.78. The standard InChI is InChI=1S/C20H20N2O5S/c1-13-8-9-16(12-17(13)20(23)24)28(25,26)21-11-10-18-14(2)27-19(22-18)15-6-4-3-5-7-15/h3-9,12,21H,10-11H2,1-2H3,(H,23,24). The summed E-state index contributed by atoms with van der Waals surface area (Å²) in [5.41, 5.74) is 1.97. The Kier molecular flexibility index (Phi) is 5.62. The molecule has 0 spiro atoms. The molecule has 2 aromatic carbocycles. The summed E-state index contributed by atoms with van der Waals surface area (Å²) in [6.45, 7) is 3.51. The zero-order valence-corrected chi connectivity index (χ0v) is 16.3. The Labute approximate surface area is 163 Å². The second-order valence-electron chi connectivity index (χ2n) is 6.32. The summed E-state index contributed by atoms with van der Waals surface area (Å²) >= 11 is 0. The Hall–Kier alpha value is -2.97. The molecule has 1 heterocycles. The molecule has 28 heavy (non-hydrogen) atoms. The van der Waals surface area contributed by atoms with Crippen LogP contribution in [-0.4, -0.2) is 31.0 Å². The third kappa shape index (κ3) is 4.29. The number of sulfonamides is 1. The van der Waals surface area contributed by atoms with E-state index in [9.17, 15) is 18.3 Å². The van der Waals surface area contributed by atoms with Crippen molar-refractivity contribution in [2.45, 2.75) is 25.2 Å². The van der Waals surface area contributed by atoms with Crippen LogP contribution in [0, 0.1) is 13.8 Å². The first kappa shape index (κ1) is 19.8. The highest BCUT2D eigenvalue weighted by atomic mass is 32.2. The van der Waals surface area contributed by atoms with Gasteiger partial charge in [-0.2, -0.15) is 0 Å². The highest BCUT2D eigenvalue weighted by Crippen LogP contribution is 2.21. The van der Waals surface area contributed by atoms with E-state index in [2.05, 4.69) is 9.71 Å². The molecule has 0 aliphatic rings. The molecule has 146 valence electrons. The summed E-state index contributed by atoms with van der Waals surface area (Å²) in [5, 5.41) is 9.17. The fraction of sp³-hybridized carbons (Fsp3) is 0.200. The van der Waals surface area contributed by atoms with E-state index in [1.54, 1.807) is 13.8 Å². The van der Waals surface area contributed by atoms with Gasteiger partial charge in [0.25, 0.3) is 0 Å². The summed E-state index contributed by atoms with van der Waals surface area (Å²) in [4.78, 5) is 15.6. The number of aromatic carboxylic acids is 1. The maximum Gasteiger partial charge on any atom is 0.335 e. The average molecular weight is 400 g/mol. The quantitative estimate of drug-likeness (QED) is 0.630. The maximum atomic E-state index is 12.5. The molecule has 1 aromatic heterocycles. The smallest absolute Gasteiger partial charge is 0.335 e. The molecule has 0 bridgehead atoms. The zero-order chi connectivity index (χ0) is 20.3. The highest BCUT2D eigenvalue weighted by Gasteiger charge is 2.18. The normalized spacial score (nSPS) is 11.5. The van der Waals surface area contributed by atoms with Gasteiger partial charge < -0.3 is 9.52 Å². The Morgan fingerprint density at radius 1 is 1.14 bits per heavy atom. The fourth-order valence-electron chi connectivity index (χ4n) is 2.75. The van der Waals surface area contributed by atoms with Crippen molar-refractivity contribution >= 4 is 16.0 Å². The van der Waals surface area contributed by atoms with Gasteiger partial charge in [0.2, 0.25) is 15.9 Å². The molecule has 0 aliphatic heterocycles. The van der Waals surface area contributed by atoms with Crippen molar-refractivity contribution in [3.8, 4) is 11.5 Å². The Bertz CT molecular complexity index is 1100. The number of rotatable bonds is 7. The van der Waals surface area contributed by atoms with E-state index in [0.717, 1.165) is 11.6 Å². The predicted molar refractivity (Wildman–Crippen MR) is 104 cm³/mol. The number of hydrogen-bond acceptors (Lipinski definition) is 5. The molecule has 0 aliphatic carbocycles. The minimum atomic E-state index is -3.83. The van der Waals surface area contributed by atoms with Gasteiger partial charge in [0.1, 0.15) is 5.76 Å². The highest BCUT2D eigenvalue weighted by molar-refractivity contribution is 7.89. The lowest BCUT2D eigenvalue weighted by molar-refractivity contribution is 0.0696. The molecule has 0 atom stereocenters. The number of carboxylic acid groups (broad SMARTS) is 1. The van der Waals surface area contributed by atoms with Crippen LogP contribution >= 0.6 is 0 Å². The molecular weight excluding hydrogens is 380 g/mol. The van der Waals surface area contributed by atoms with Crippen LogP contribution in [0.4, 0.5) is 0 Å². The van der Waals surface area contributed by atoms with Crippen LogP contribution in [0.15, 0.2) is 57.8 Å². The van der Waals surface area contributed by atoms with Gasteiger partial charge in [-0.1, -0.05) is 24.3 Å². The van der Waals surface area contributed by atoms with Crippen molar-refractivity contribution < 1.29 is 22.7 Å². The molecule has 8 heteroatoms. The van der Waals surface area contributed by atoms with Crippen molar-refractivity contribution in [2.75, 3.05) is 6.54 Å². The van der Waals surface area contributed by atoms with Gasteiger partial charge >= 0.3 is 5.97 Å². The van der Waals surface area contributed by atoms with Crippen LogP contribution in [0.25, 0.3) is 11.5 Å². The van der Waals surface area contributed by atoms with Gasteiger partial charge in [-0.05, 0) is 43.7 Å². The van der Waals surface area contributed by atoms with Gasteiger partial charge in [-0.25, -0.2) is 22.9 Å². The second kappa shape index (κ2) is 7.95. The van der Waals surface area contributed by atoms with Crippen molar-refractivity contribution in [2.24, 2.45) is 0 Å². The van der Waals surface area contributed by atoms with E-state index >= 15 is 0 Å². The van der Waals surface area contributed by atoms with Crippen LogP contribution in [0.5, 0.6) is 0 Å². The number of hydrogen-bond donors (Lipinski definition) is 2. The van der Waals surface area contributed by atoms with Crippen molar-refractivity contribution in [1.29, 1.82) is 0 Å². The van der Waals surface area contributed by atoms with Gasteiger partial charge in [0.15, 0.2) is 0 Å². The summed E-state index contributed by atoms with van der Waals surface area (Å²) in [6, 6.07) is 13.5. The largest absolute Gasteiger partial charge is 0.478 e. The predicted octanol–water partition coefficient (Wildman–Crippen LogP) is 3.18. The number of carboxylic acids is 1. The third-order valence-electron chi connectivity index (χ3n) is 4.32. The molecule has 3 rings (SSSR count). The van der Waals surface area contributed by atoms with E-state index in [4.69, 9.17) is 4.42 Å². The summed E-state index contributed by atoms with van der Waals surface area (Å²) in [7, 11) is -3.83. The number of nitrogens with one attached hydrogen (secondary N) is 1. The van der Waals surface area contributed by atoms with E-state index in [0.29, 0.717) is 29.3 Å². The molecule has 2 N–H and O–H groups in total. The number of oxazole rings is 1. The molecule has 0 unspecified atom stereocenters. The van der Waals surface area contributed by atoms with Crippen molar-refractivity contribution in [3.05, 3.63) is 71.1 Å². The lowest BCUT2D eigenvalue weighted by Crippen LogP contribution is -2.26. The first-order valence-electron chi connectivity index (χ1n) is 8.63. The van der Waals surface area contributed by atoms with Crippen LogP contribution in [0.1, 0.15) is 27.4 Å². The van der Waals surface area contributed by atoms with Crippen LogP contribution < -0.4 is 4.72 Å². The van der Waals surface area contributed by atoms with E-state index < -0.39 is 16.0 Å². The molecular formula is C20H20N2O5S. The van der Waals surface area contributed by atoms with E-state index in [1.807, 2.05) is 30.3 Å². The minimum Gasteiger partial charge on any atom is -0.478 e. The van der Waals surface area contributed by atoms with Gasteiger partial charge in [0.05, 0.1) is 16.2 Å². The van der Waals surface area contributed by atoms with Crippen LogP contribution in [0.3, 0.4) is 0 Å². The van der Waals surface area contributed by atoms with Crippen molar-refractivity contribution in [1.82, 2.24) is 9.71 Å². The number of aromatic nitrogens is 1.